The van der Waals surface area contributed by atoms with Crippen molar-refractivity contribution in [3.63, 3.8) is 0 Å². The molecule has 0 aliphatic heterocycles. The third-order valence-electron chi connectivity index (χ3n) is 2.82. The lowest BCUT2D eigenvalue weighted by atomic mass is 10.2. The van der Waals surface area contributed by atoms with Crippen LogP contribution in [0, 0.1) is 5.92 Å². The van der Waals surface area contributed by atoms with Crippen molar-refractivity contribution in [3.8, 4) is 0 Å². The van der Waals surface area contributed by atoms with Gasteiger partial charge in [0.05, 0.1) is 10.9 Å². The molecular formula is C13H18Cl3NO2S. The minimum atomic E-state index is -3.64. The number of rotatable bonds is 6. The molecule has 114 valence electrons. The third-order valence-corrected chi connectivity index (χ3v) is 5.97. The largest absolute Gasteiger partial charge is 0.244 e. The van der Waals surface area contributed by atoms with Crippen LogP contribution in [0.5, 0.6) is 0 Å². The highest BCUT2D eigenvalue weighted by Gasteiger charge is 2.27. The second-order valence-corrected chi connectivity index (χ2v) is 7.78. The van der Waals surface area contributed by atoms with E-state index in [-0.39, 0.29) is 21.7 Å². The lowest BCUT2D eigenvalue weighted by Crippen LogP contribution is -2.34. The van der Waals surface area contributed by atoms with Gasteiger partial charge in [-0.15, -0.1) is 11.6 Å². The Balaban J connectivity index is 3.35. The predicted octanol–water partition coefficient (Wildman–Crippen LogP) is 4.40. The molecule has 0 radical (unpaired) electrons. The standard InChI is InChI=1S/C13H18Cl3NO2S/c1-4-17(8-9(2)3)20(18,19)12-6-5-11(15)10(7-14)13(12)16/h5-6,9H,4,7-8H2,1-3H3. The predicted molar refractivity (Wildman–Crippen MR) is 85.3 cm³/mol. The number of hydrogen-bond donors (Lipinski definition) is 0. The molecule has 0 aromatic heterocycles. The Morgan fingerprint density at radius 2 is 1.85 bits per heavy atom. The highest BCUT2D eigenvalue weighted by atomic mass is 35.5. The van der Waals surface area contributed by atoms with E-state index in [2.05, 4.69) is 0 Å². The third kappa shape index (κ3) is 3.80. The zero-order valence-electron chi connectivity index (χ0n) is 11.7. The van der Waals surface area contributed by atoms with Gasteiger partial charge in [-0.25, -0.2) is 8.42 Å². The first-order valence-corrected chi connectivity index (χ1v) is 9.01. The fourth-order valence-electron chi connectivity index (χ4n) is 1.84. The zero-order valence-corrected chi connectivity index (χ0v) is 14.7. The summed E-state index contributed by atoms with van der Waals surface area (Å²) in [6.07, 6.45) is 0. The van der Waals surface area contributed by atoms with Crippen LogP contribution in [0.1, 0.15) is 26.3 Å². The Morgan fingerprint density at radius 3 is 2.30 bits per heavy atom. The van der Waals surface area contributed by atoms with Gasteiger partial charge in [0.1, 0.15) is 4.90 Å². The Kier molecular flexibility index (Phi) is 6.61. The maximum absolute atomic E-state index is 12.7. The number of nitrogens with zero attached hydrogens (tertiary/aromatic N) is 1. The molecular weight excluding hydrogens is 341 g/mol. The quantitative estimate of drug-likeness (QED) is 0.707. The van der Waals surface area contributed by atoms with Crippen LogP contribution in [0.3, 0.4) is 0 Å². The second-order valence-electron chi connectivity index (χ2n) is 4.82. The smallest absolute Gasteiger partial charge is 0.207 e. The Labute approximate surface area is 135 Å². The summed E-state index contributed by atoms with van der Waals surface area (Å²) >= 11 is 17.9. The lowest BCUT2D eigenvalue weighted by Gasteiger charge is -2.23. The molecule has 20 heavy (non-hydrogen) atoms. The van der Waals surface area contributed by atoms with Crippen LogP contribution in [0.4, 0.5) is 0 Å². The van der Waals surface area contributed by atoms with Gasteiger partial charge < -0.3 is 0 Å². The molecule has 0 aliphatic carbocycles. The van der Waals surface area contributed by atoms with Gasteiger partial charge in [0.2, 0.25) is 10.0 Å². The molecule has 0 atom stereocenters. The van der Waals surface area contributed by atoms with Gasteiger partial charge >= 0.3 is 0 Å². The molecule has 3 nitrogen and oxygen atoms in total. The van der Waals surface area contributed by atoms with Crippen molar-refractivity contribution >= 4 is 44.8 Å². The maximum atomic E-state index is 12.7. The van der Waals surface area contributed by atoms with Crippen LogP contribution in [0.2, 0.25) is 10.0 Å². The summed E-state index contributed by atoms with van der Waals surface area (Å²) in [5.41, 5.74) is 0.441. The van der Waals surface area contributed by atoms with Crippen molar-refractivity contribution in [2.24, 2.45) is 5.92 Å². The normalized spacial score (nSPS) is 12.4. The average Bonchev–Trinajstić information content (AvgIpc) is 2.35. The number of hydrogen-bond acceptors (Lipinski definition) is 2. The monoisotopic (exact) mass is 357 g/mol. The van der Waals surface area contributed by atoms with Crippen LogP contribution in [0.25, 0.3) is 0 Å². The molecule has 1 aromatic carbocycles. The highest BCUT2D eigenvalue weighted by Crippen LogP contribution is 2.33. The topological polar surface area (TPSA) is 37.4 Å². The van der Waals surface area contributed by atoms with Crippen LogP contribution >= 0.6 is 34.8 Å². The average molecular weight is 359 g/mol. The zero-order chi connectivity index (χ0) is 15.5. The summed E-state index contributed by atoms with van der Waals surface area (Å²) < 4.78 is 26.7. The minimum Gasteiger partial charge on any atom is -0.207 e. The Hall–Kier alpha value is -0.000000000000000167. The van der Waals surface area contributed by atoms with E-state index in [1.165, 1.54) is 16.4 Å². The van der Waals surface area contributed by atoms with Gasteiger partial charge in [-0.05, 0) is 18.1 Å². The fourth-order valence-corrected chi connectivity index (χ4v) is 4.75. The van der Waals surface area contributed by atoms with Gasteiger partial charge in [-0.2, -0.15) is 4.31 Å². The molecule has 0 amide bonds. The highest BCUT2D eigenvalue weighted by molar-refractivity contribution is 7.89. The van der Waals surface area contributed by atoms with Crippen molar-refractivity contribution in [2.75, 3.05) is 13.1 Å². The van der Waals surface area contributed by atoms with Crippen LogP contribution in [-0.2, 0) is 15.9 Å². The summed E-state index contributed by atoms with van der Waals surface area (Å²) in [5, 5.41) is 0.477. The first-order chi connectivity index (χ1) is 9.25. The molecule has 0 fully saturated rings. The fraction of sp³-hybridized carbons (Fsp3) is 0.538. The van der Waals surface area contributed by atoms with Crippen molar-refractivity contribution in [2.45, 2.75) is 31.5 Å². The van der Waals surface area contributed by atoms with Crippen molar-refractivity contribution in [1.29, 1.82) is 0 Å². The molecule has 1 rings (SSSR count). The molecule has 0 saturated carbocycles. The number of alkyl halides is 1. The van der Waals surface area contributed by atoms with E-state index in [0.29, 0.717) is 23.7 Å². The van der Waals surface area contributed by atoms with Gasteiger partial charge in [0.25, 0.3) is 0 Å². The SMILES string of the molecule is CCN(CC(C)C)S(=O)(=O)c1ccc(Cl)c(CCl)c1Cl. The van der Waals surface area contributed by atoms with Crippen molar-refractivity contribution in [3.05, 3.63) is 27.7 Å². The van der Waals surface area contributed by atoms with Gasteiger partial charge in [0.15, 0.2) is 0 Å². The molecule has 0 unspecified atom stereocenters. The number of halogens is 3. The van der Waals surface area contributed by atoms with Crippen molar-refractivity contribution in [1.82, 2.24) is 4.31 Å². The van der Waals surface area contributed by atoms with E-state index in [0.717, 1.165) is 0 Å². The van der Waals surface area contributed by atoms with Gasteiger partial charge in [-0.3, -0.25) is 0 Å². The van der Waals surface area contributed by atoms with Crippen LogP contribution < -0.4 is 0 Å². The summed E-state index contributed by atoms with van der Waals surface area (Å²) in [4.78, 5) is 0.0571. The van der Waals surface area contributed by atoms with Gasteiger partial charge in [0, 0.05) is 23.7 Å². The first kappa shape index (κ1) is 18.1. The van der Waals surface area contributed by atoms with Crippen LogP contribution in [0.15, 0.2) is 17.0 Å². The molecule has 0 N–H and O–H groups in total. The number of benzene rings is 1. The summed E-state index contributed by atoms with van der Waals surface area (Å²) in [5.74, 6) is 0.292. The van der Waals surface area contributed by atoms with E-state index in [4.69, 9.17) is 34.8 Å². The first-order valence-electron chi connectivity index (χ1n) is 6.28. The summed E-state index contributed by atoms with van der Waals surface area (Å²) in [7, 11) is -3.64. The van der Waals surface area contributed by atoms with E-state index in [1.807, 2.05) is 13.8 Å². The molecule has 0 heterocycles. The number of sulfonamides is 1. The molecule has 7 heteroatoms. The Morgan fingerprint density at radius 1 is 1.25 bits per heavy atom. The van der Waals surface area contributed by atoms with Gasteiger partial charge in [-0.1, -0.05) is 44.0 Å². The van der Waals surface area contributed by atoms with Crippen molar-refractivity contribution < 1.29 is 8.42 Å². The van der Waals surface area contributed by atoms with E-state index in [1.54, 1.807) is 6.92 Å². The second kappa shape index (κ2) is 7.32. The van der Waals surface area contributed by atoms with E-state index < -0.39 is 10.0 Å². The van der Waals surface area contributed by atoms with E-state index in [9.17, 15) is 8.42 Å². The molecule has 0 spiro atoms. The molecule has 0 saturated heterocycles. The van der Waals surface area contributed by atoms with E-state index >= 15 is 0 Å². The minimum absolute atomic E-state index is 0.0571. The molecule has 0 aliphatic rings. The van der Waals surface area contributed by atoms with Crippen LogP contribution in [-0.4, -0.2) is 25.8 Å². The molecule has 1 aromatic rings. The Bertz CT molecular complexity index is 573. The lowest BCUT2D eigenvalue weighted by molar-refractivity contribution is 0.381. The molecule has 0 bridgehead atoms. The summed E-state index contributed by atoms with van der Waals surface area (Å²) in [6, 6.07) is 2.94. The summed E-state index contributed by atoms with van der Waals surface area (Å²) in [6.45, 7) is 6.55. The maximum Gasteiger partial charge on any atom is 0.244 e.